The fraction of sp³-hybridized carbons (Fsp3) is 0.143. The Hall–Kier alpha value is -2.05. The highest BCUT2D eigenvalue weighted by molar-refractivity contribution is 5.66. The molecule has 0 bridgehead atoms. The van der Waals surface area contributed by atoms with E-state index in [0.717, 1.165) is 19.1 Å². The number of rotatable bonds is 1. The molecule has 0 aliphatic rings. The zero-order valence-corrected chi connectivity index (χ0v) is 10.5. The standard InChI is InChI=1S/C14H7F7/c1-6-10(15)12(17)9(13(18)11(6)16)7-2-4-8(5-3-7)14(19,20)21/h2-5H,1H3. The Balaban J connectivity index is 2.63. The molecule has 0 saturated heterocycles. The number of hydrogen-bond donors (Lipinski definition) is 0. The van der Waals surface area contributed by atoms with Crippen LogP contribution in [0.4, 0.5) is 30.7 Å². The first-order valence-electron chi connectivity index (χ1n) is 5.64. The van der Waals surface area contributed by atoms with Crippen molar-refractivity contribution >= 4 is 0 Å². The molecule has 0 unspecified atom stereocenters. The topological polar surface area (TPSA) is 0 Å². The fourth-order valence-electron chi connectivity index (χ4n) is 1.82. The zero-order valence-electron chi connectivity index (χ0n) is 10.5. The molecule has 2 aromatic carbocycles. The maximum atomic E-state index is 13.7. The van der Waals surface area contributed by atoms with Gasteiger partial charge in [-0.05, 0) is 24.6 Å². The highest BCUT2D eigenvalue weighted by Gasteiger charge is 2.30. The Kier molecular flexibility index (Phi) is 3.69. The van der Waals surface area contributed by atoms with Crippen LogP contribution in [0.2, 0.25) is 0 Å². The molecule has 0 radical (unpaired) electrons. The SMILES string of the molecule is Cc1c(F)c(F)c(-c2ccc(C(F)(F)F)cc2)c(F)c1F. The first-order chi connectivity index (χ1) is 9.64. The molecule has 0 N–H and O–H groups in total. The zero-order chi connectivity index (χ0) is 15.9. The van der Waals surface area contributed by atoms with Crippen LogP contribution in [-0.4, -0.2) is 0 Å². The van der Waals surface area contributed by atoms with Gasteiger partial charge in [0.2, 0.25) is 0 Å². The van der Waals surface area contributed by atoms with E-state index in [2.05, 4.69) is 0 Å². The van der Waals surface area contributed by atoms with Gasteiger partial charge in [-0.2, -0.15) is 13.2 Å². The van der Waals surface area contributed by atoms with Crippen LogP contribution in [-0.2, 0) is 6.18 Å². The van der Waals surface area contributed by atoms with Gasteiger partial charge in [0.15, 0.2) is 23.3 Å². The van der Waals surface area contributed by atoms with Gasteiger partial charge in [0.1, 0.15) is 0 Å². The third-order valence-corrected chi connectivity index (χ3v) is 2.98. The number of hydrogen-bond acceptors (Lipinski definition) is 0. The molecular formula is C14H7F7. The van der Waals surface area contributed by atoms with Gasteiger partial charge in [-0.3, -0.25) is 0 Å². The minimum atomic E-state index is -4.63. The summed E-state index contributed by atoms with van der Waals surface area (Å²) in [6.07, 6.45) is -4.63. The van der Waals surface area contributed by atoms with E-state index in [1.165, 1.54) is 0 Å². The van der Waals surface area contributed by atoms with E-state index in [-0.39, 0.29) is 0 Å². The summed E-state index contributed by atoms with van der Waals surface area (Å²) in [5.74, 6) is -6.45. The molecule has 0 nitrogen and oxygen atoms in total. The molecule has 0 aliphatic heterocycles. The van der Waals surface area contributed by atoms with Gasteiger partial charge in [0, 0.05) is 5.56 Å². The summed E-state index contributed by atoms with van der Waals surface area (Å²) >= 11 is 0. The van der Waals surface area contributed by atoms with Crippen LogP contribution in [0.3, 0.4) is 0 Å². The van der Waals surface area contributed by atoms with Gasteiger partial charge in [-0.1, -0.05) is 12.1 Å². The molecule has 7 heteroatoms. The lowest BCUT2D eigenvalue weighted by molar-refractivity contribution is -0.137. The minimum Gasteiger partial charge on any atom is -0.203 e. The quantitative estimate of drug-likeness (QED) is 0.499. The smallest absolute Gasteiger partial charge is 0.203 e. The molecule has 0 atom stereocenters. The lowest BCUT2D eigenvalue weighted by Crippen LogP contribution is -2.05. The first-order valence-corrected chi connectivity index (χ1v) is 5.64. The Labute approximate surface area is 114 Å². The summed E-state index contributed by atoms with van der Waals surface area (Å²) in [7, 11) is 0. The summed E-state index contributed by atoms with van der Waals surface area (Å²) < 4.78 is 91.5. The van der Waals surface area contributed by atoms with Gasteiger partial charge in [0.25, 0.3) is 0 Å². The van der Waals surface area contributed by atoms with Crippen molar-refractivity contribution in [2.75, 3.05) is 0 Å². The molecule has 0 heterocycles. The Morgan fingerprint density at radius 1 is 0.714 bits per heavy atom. The fourth-order valence-corrected chi connectivity index (χ4v) is 1.82. The summed E-state index contributed by atoms with van der Waals surface area (Å²) in [6, 6.07) is 2.64. The van der Waals surface area contributed by atoms with Crippen LogP contribution in [0, 0.1) is 30.2 Å². The van der Waals surface area contributed by atoms with Crippen molar-refractivity contribution in [3.63, 3.8) is 0 Å². The summed E-state index contributed by atoms with van der Waals surface area (Å²) in [4.78, 5) is 0. The molecular weight excluding hydrogens is 301 g/mol. The van der Waals surface area contributed by atoms with E-state index in [1.807, 2.05) is 0 Å². The van der Waals surface area contributed by atoms with Crippen molar-refractivity contribution in [3.8, 4) is 11.1 Å². The lowest BCUT2D eigenvalue weighted by Gasteiger charge is -2.11. The van der Waals surface area contributed by atoms with E-state index in [1.54, 1.807) is 0 Å². The molecule has 21 heavy (non-hydrogen) atoms. The van der Waals surface area contributed by atoms with Gasteiger partial charge < -0.3 is 0 Å². The van der Waals surface area contributed by atoms with Gasteiger partial charge >= 0.3 is 6.18 Å². The van der Waals surface area contributed by atoms with Gasteiger partial charge in [-0.25, -0.2) is 17.6 Å². The minimum absolute atomic E-state index is 0.393. The van der Waals surface area contributed by atoms with Crippen molar-refractivity contribution in [3.05, 3.63) is 58.7 Å². The van der Waals surface area contributed by atoms with Crippen LogP contribution < -0.4 is 0 Å². The highest BCUT2D eigenvalue weighted by atomic mass is 19.4. The third kappa shape index (κ3) is 2.59. The second-order valence-corrected chi connectivity index (χ2v) is 4.33. The van der Waals surface area contributed by atoms with Crippen molar-refractivity contribution < 1.29 is 30.7 Å². The van der Waals surface area contributed by atoms with Gasteiger partial charge in [-0.15, -0.1) is 0 Å². The average molecular weight is 308 g/mol. The molecule has 2 rings (SSSR count). The molecule has 0 amide bonds. The first kappa shape index (κ1) is 15.3. The second-order valence-electron chi connectivity index (χ2n) is 4.33. The highest BCUT2D eigenvalue weighted by Crippen LogP contribution is 2.34. The molecule has 2 aromatic rings. The van der Waals surface area contributed by atoms with Crippen molar-refractivity contribution in [2.45, 2.75) is 13.1 Å². The van der Waals surface area contributed by atoms with E-state index in [9.17, 15) is 30.7 Å². The average Bonchev–Trinajstić information content (AvgIpc) is 2.43. The number of halogens is 7. The predicted octanol–water partition coefficient (Wildman–Crippen LogP) is 5.24. The van der Waals surface area contributed by atoms with Crippen LogP contribution in [0.1, 0.15) is 11.1 Å². The van der Waals surface area contributed by atoms with Crippen LogP contribution in [0.25, 0.3) is 11.1 Å². The number of benzene rings is 2. The maximum absolute atomic E-state index is 13.7. The maximum Gasteiger partial charge on any atom is 0.416 e. The van der Waals surface area contributed by atoms with Crippen LogP contribution >= 0.6 is 0 Å². The largest absolute Gasteiger partial charge is 0.416 e. The molecule has 0 aliphatic carbocycles. The Bertz CT molecular complexity index is 655. The lowest BCUT2D eigenvalue weighted by atomic mass is 10.00. The summed E-state index contributed by atoms with van der Waals surface area (Å²) in [6.45, 7) is 0.855. The van der Waals surface area contributed by atoms with E-state index >= 15 is 0 Å². The summed E-state index contributed by atoms with van der Waals surface area (Å²) in [5, 5.41) is 0. The van der Waals surface area contributed by atoms with E-state index < -0.39 is 51.7 Å². The molecule has 0 aromatic heterocycles. The summed E-state index contributed by atoms with van der Waals surface area (Å²) in [5.41, 5.74) is -3.30. The third-order valence-electron chi connectivity index (χ3n) is 2.98. The monoisotopic (exact) mass is 308 g/mol. The van der Waals surface area contributed by atoms with Gasteiger partial charge in [0.05, 0.1) is 11.1 Å². The normalized spacial score (nSPS) is 11.8. The van der Waals surface area contributed by atoms with Crippen molar-refractivity contribution in [1.29, 1.82) is 0 Å². The predicted molar refractivity (Wildman–Crippen MR) is 61.4 cm³/mol. The molecule has 0 saturated carbocycles. The van der Waals surface area contributed by atoms with Crippen LogP contribution in [0.15, 0.2) is 24.3 Å². The van der Waals surface area contributed by atoms with Crippen molar-refractivity contribution in [1.82, 2.24) is 0 Å². The van der Waals surface area contributed by atoms with E-state index in [0.29, 0.717) is 12.1 Å². The molecule has 112 valence electrons. The molecule has 0 fully saturated rings. The Morgan fingerprint density at radius 3 is 1.52 bits per heavy atom. The number of alkyl halides is 3. The van der Waals surface area contributed by atoms with Crippen molar-refractivity contribution in [2.24, 2.45) is 0 Å². The van der Waals surface area contributed by atoms with E-state index in [4.69, 9.17) is 0 Å². The Morgan fingerprint density at radius 2 is 1.14 bits per heavy atom. The van der Waals surface area contributed by atoms with Crippen LogP contribution in [0.5, 0.6) is 0 Å². The molecule has 0 spiro atoms. The second kappa shape index (κ2) is 5.05.